The number of hydrogen-bond acceptors (Lipinski definition) is 0. The van der Waals surface area contributed by atoms with Crippen molar-refractivity contribution >= 4 is 226 Å². The van der Waals surface area contributed by atoms with Gasteiger partial charge in [0.25, 0.3) is 0 Å². The Hall–Kier alpha value is -7.80. The van der Waals surface area contributed by atoms with Crippen LogP contribution in [0, 0.1) is 0 Å². The van der Waals surface area contributed by atoms with Crippen molar-refractivity contribution in [2.24, 2.45) is 0 Å². The predicted molar refractivity (Wildman–Crippen MR) is 262 cm³/mol. The molecule has 0 aromatic heterocycles. The van der Waals surface area contributed by atoms with E-state index >= 15 is 0 Å². The quantitative estimate of drug-likeness (QED) is 0.107. The van der Waals surface area contributed by atoms with Gasteiger partial charge in [0.05, 0.1) is 0 Å². The van der Waals surface area contributed by atoms with Crippen molar-refractivity contribution < 1.29 is 0 Å². The number of rotatable bonds is 0. The molecule has 258 valence electrons. The Labute approximate surface area is 333 Å². The second kappa shape index (κ2) is 6.96. The van der Waals surface area contributed by atoms with Gasteiger partial charge in [-0.2, -0.15) is 0 Å². The van der Waals surface area contributed by atoms with E-state index in [4.69, 9.17) is 0 Å². The van der Waals surface area contributed by atoms with Crippen molar-refractivity contribution in [3.05, 3.63) is 109 Å². The maximum Gasteiger partial charge on any atom is -0.000000389 e. The van der Waals surface area contributed by atoms with Crippen LogP contribution in [0.4, 0.5) is 0 Å². The van der Waals surface area contributed by atoms with Gasteiger partial charge in [-0.15, -0.1) is 0 Å². The molecule has 0 heterocycles. The Morgan fingerprint density at radius 3 is 0.600 bits per heavy atom. The third kappa shape index (κ3) is 1.90. The lowest BCUT2D eigenvalue weighted by Gasteiger charge is -2.22. The lowest BCUT2D eigenvalue weighted by Crippen LogP contribution is -1.93. The first-order valence-electron chi connectivity index (χ1n) is 21.7. The Balaban J connectivity index is 1.31. The normalized spacial score (nSPS) is 15.0. The third-order valence-electron chi connectivity index (χ3n) is 17.9. The number of fused-ring (bicyclic) bond motifs is 6. The average molecular weight is 739 g/mol. The van der Waals surface area contributed by atoms with Gasteiger partial charge in [0.2, 0.25) is 0 Å². The SMILES string of the molecule is c1cc2ccc3c4cc5c6cccc7ccc8c9cc%10c%11cccc%12ccc%13c%14cc%15c(c1)c2c3c1c%15c2c%14c3c(c%13c%12%11)c%10c%10c9c9c(c8c76)c5c5c4c1c1c5c9c%10c3c21. The zero-order chi connectivity index (χ0) is 37.0. The van der Waals surface area contributed by atoms with Crippen molar-refractivity contribution in [2.45, 2.75) is 0 Å². The molecule has 0 heteroatoms. The van der Waals surface area contributed by atoms with Gasteiger partial charge < -0.3 is 0 Å². The number of hydrogen-bond donors (Lipinski definition) is 0. The molecule has 0 radical (unpaired) electrons. The summed E-state index contributed by atoms with van der Waals surface area (Å²) in [6.07, 6.45) is 0. The molecule has 0 unspecified atom stereocenters. The maximum atomic E-state index is 2.66. The molecule has 22 aromatic rings. The molecule has 0 N–H and O–H groups in total. The topological polar surface area (TPSA) is 0 Å². The van der Waals surface area contributed by atoms with Crippen molar-refractivity contribution in [2.75, 3.05) is 0 Å². The van der Waals surface area contributed by atoms with Gasteiger partial charge in [-0.25, -0.2) is 0 Å². The second-order valence-electron chi connectivity index (χ2n) is 19.5. The first-order valence-corrected chi connectivity index (χ1v) is 21.7. The third-order valence-corrected chi connectivity index (χ3v) is 17.9. The van der Waals surface area contributed by atoms with E-state index in [2.05, 4.69) is 109 Å². The monoisotopic (exact) mass is 738 g/mol. The van der Waals surface area contributed by atoms with Crippen LogP contribution < -0.4 is 0 Å². The molecular formula is C60H18. The van der Waals surface area contributed by atoms with Crippen LogP contribution in [-0.4, -0.2) is 0 Å². The Morgan fingerprint density at radius 2 is 0.333 bits per heavy atom. The summed E-state index contributed by atoms with van der Waals surface area (Å²) in [5.41, 5.74) is 0. The molecule has 0 spiro atoms. The van der Waals surface area contributed by atoms with Crippen LogP contribution in [0.2, 0.25) is 0 Å². The minimum atomic E-state index is 1.35. The van der Waals surface area contributed by atoms with Crippen LogP contribution in [0.1, 0.15) is 0 Å². The summed E-state index contributed by atoms with van der Waals surface area (Å²) in [4.78, 5) is 0. The molecule has 0 saturated carbocycles. The van der Waals surface area contributed by atoms with Crippen molar-refractivity contribution in [3.8, 4) is 0 Å². The van der Waals surface area contributed by atoms with E-state index < -0.39 is 0 Å². The highest BCUT2D eigenvalue weighted by Crippen LogP contribution is 2.69. The minimum Gasteiger partial charge on any atom is -0.0610 e. The Morgan fingerprint density at radius 1 is 0.133 bits per heavy atom. The summed E-state index contributed by atoms with van der Waals surface area (Å²) in [5.74, 6) is 0. The largest absolute Gasteiger partial charge is 0.0610 e. The summed E-state index contributed by atoms with van der Waals surface area (Å²) in [6, 6.07) is 44.1. The van der Waals surface area contributed by atoms with Crippen molar-refractivity contribution in [3.63, 3.8) is 0 Å². The van der Waals surface area contributed by atoms with Crippen LogP contribution >= 0.6 is 0 Å². The second-order valence-corrected chi connectivity index (χ2v) is 19.5. The summed E-state index contributed by atoms with van der Waals surface area (Å²) < 4.78 is 0. The molecule has 0 amide bonds. The molecule has 0 aliphatic rings. The highest BCUT2D eigenvalue weighted by Gasteiger charge is 2.40. The van der Waals surface area contributed by atoms with E-state index in [9.17, 15) is 0 Å². The molecule has 0 aliphatic heterocycles. The fourth-order valence-corrected chi connectivity index (χ4v) is 16.4. The van der Waals surface area contributed by atoms with Gasteiger partial charge in [0.1, 0.15) is 0 Å². The van der Waals surface area contributed by atoms with Crippen molar-refractivity contribution in [1.82, 2.24) is 0 Å². The van der Waals surface area contributed by atoms with Gasteiger partial charge in [-0.05, 0) is 244 Å². The zero-order valence-electron chi connectivity index (χ0n) is 31.4. The average Bonchev–Trinajstić information content (AvgIpc) is 3.96. The fourth-order valence-electron chi connectivity index (χ4n) is 16.4. The van der Waals surface area contributed by atoms with Crippen LogP contribution in [0.25, 0.3) is 226 Å². The first kappa shape index (κ1) is 25.5. The van der Waals surface area contributed by atoms with Gasteiger partial charge in [0.15, 0.2) is 0 Å². The molecule has 0 nitrogen and oxygen atoms in total. The van der Waals surface area contributed by atoms with Crippen LogP contribution in [0.5, 0.6) is 0 Å². The van der Waals surface area contributed by atoms with Crippen molar-refractivity contribution in [1.29, 1.82) is 0 Å². The molecule has 0 bridgehead atoms. The highest BCUT2D eigenvalue weighted by atomic mass is 14.4. The van der Waals surface area contributed by atoms with Crippen LogP contribution in [0.3, 0.4) is 0 Å². The molecule has 0 saturated heterocycles. The molecule has 22 aromatic carbocycles. The summed E-state index contributed by atoms with van der Waals surface area (Å²) in [7, 11) is 0. The zero-order valence-corrected chi connectivity index (χ0v) is 31.4. The summed E-state index contributed by atoms with van der Waals surface area (Å²) >= 11 is 0. The smallest absolute Gasteiger partial charge is 0.000000389 e. The summed E-state index contributed by atoms with van der Waals surface area (Å²) in [6.45, 7) is 0. The summed E-state index contributed by atoms with van der Waals surface area (Å²) in [5, 5.41) is 61.9. The molecule has 22 rings (SSSR count). The highest BCUT2D eigenvalue weighted by molar-refractivity contribution is 6.72. The fraction of sp³-hybridized carbons (Fsp3) is 0. The lowest BCUT2D eigenvalue weighted by molar-refractivity contribution is 1.85. The van der Waals surface area contributed by atoms with E-state index in [-0.39, 0.29) is 0 Å². The molecule has 0 fully saturated rings. The molecule has 60 heavy (non-hydrogen) atoms. The molecule has 0 atom stereocenters. The van der Waals surface area contributed by atoms with Gasteiger partial charge in [-0.1, -0.05) is 91.0 Å². The Bertz CT molecular complexity index is 5060. The Kier molecular flexibility index (Phi) is 2.96. The van der Waals surface area contributed by atoms with Crippen LogP contribution in [-0.2, 0) is 0 Å². The van der Waals surface area contributed by atoms with E-state index in [1.165, 1.54) is 194 Å². The van der Waals surface area contributed by atoms with E-state index in [1.54, 1.807) is 32.3 Å². The predicted octanol–water partition coefficient (Wildman–Crippen LogP) is 17.5. The number of benzene rings is 19. The van der Waals surface area contributed by atoms with E-state index in [0.717, 1.165) is 0 Å². The molecule has 0 aliphatic carbocycles. The van der Waals surface area contributed by atoms with Gasteiger partial charge in [0, 0.05) is 0 Å². The maximum absolute atomic E-state index is 2.66. The standard InChI is InChI=1S/C60H18/c1-4-19-10-13-25-32-17-29-23-8-3-6-21-12-15-27-33-18-30-24-9-2-5-20-11-14-26-31-16-28-22(7-1)34(19)37(25)46-40(28)49-43(31)53-47(38(26)35(20)24)42(30)51-45(33)54-48(39(27)36(21)23)41(29)50-44(32)52(46)58-55(49)59(53)57(51)60(54)56(50)58/h1-18H. The van der Waals surface area contributed by atoms with Crippen LogP contribution in [0.15, 0.2) is 109 Å². The van der Waals surface area contributed by atoms with Gasteiger partial charge in [-0.3, -0.25) is 0 Å². The first-order chi connectivity index (χ1) is 29.8. The van der Waals surface area contributed by atoms with E-state index in [0.29, 0.717) is 0 Å². The minimum absolute atomic E-state index is 1.35. The van der Waals surface area contributed by atoms with E-state index in [1.807, 2.05) is 0 Å². The molecular weight excluding hydrogens is 721 g/mol. The van der Waals surface area contributed by atoms with Gasteiger partial charge >= 0.3 is 0 Å². The lowest BCUT2D eigenvalue weighted by atomic mass is 9.80.